The van der Waals surface area contributed by atoms with Gasteiger partial charge in [-0.05, 0) is 24.3 Å². The zero-order valence-corrected chi connectivity index (χ0v) is 13.2. The predicted octanol–water partition coefficient (Wildman–Crippen LogP) is 3.80. The molecule has 0 unspecified atom stereocenters. The normalized spacial score (nSPS) is 11.1. The van der Waals surface area contributed by atoms with Crippen molar-refractivity contribution in [3.05, 3.63) is 64.7 Å². The molecule has 25 heavy (non-hydrogen) atoms. The van der Waals surface area contributed by atoms with Crippen LogP contribution in [0.2, 0.25) is 0 Å². The van der Waals surface area contributed by atoms with E-state index in [1.165, 1.54) is 25.3 Å². The first-order valence-corrected chi connectivity index (χ1v) is 7.52. The van der Waals surface area contributed by atoms with E-state index in [-0.39, 0.29) is 11.4 Å². The zero-order chi connectivity index (χ0) is 17.6. The third-order valence-corrected chi connectivity index (χ3v) is 4.11. The summed E-state index contributed by atoms with van der Waals surface area (Å²) in [4.78, 5) is 10.6. The molecule has 0 saturated heterocycles. The van der Waals surface area contributed by atoms with E-state index in [9.17, 15) is 15.2 Å². The van der Waals surface area contributed by atoms with Crippen LogP contribution in [0.5, 0.6) is 11.6 Å². The molecule has 0 atom stereocenters. The number of para-hydroxylation sites is 1. The molecule has 3 aromatic carbocycles. The minimum absolute atomic E-state index is 0.0582. The van der Waals surface area contributed by atoms with E-state index >= 15 is 0 Å². The number of hydrogen-bond acceptors (Lipinski definition) is 5. The van der Waals surface area contributed by atoms with E-state index in [0.29, 0.717) is 27.6 Å². The molecule has 1 aromatic heterocycles. The number of nitro groups is 1. The van der Waals surface area contributed by atoms with E-state index in [2.05, 4.69) is 5.10 Å². The summed E-state index contributed by atoms with van der Waals surface area (Å²) in [6.07, 6.45) is 0. The number of phenolic OH excluding ortho intramolecular Hbond substituents is 1. The number of rotatable bonds is 3. The fourth-order valence-corrected chi connectivity index (χ4v) is 2.98. The third-order valence-electron chi connectivity index (χ3n) is 4.11. The summed E-state index contributed by atoms with van der Waals surface area (Å²) >= 11 is 0. The first-order valence-electron chi connectivity index (χ1n) is 7.52. The minimum Gasteiger partial charge on any atom is -0.507 e. The summed E-state index contributed by atoms with van der Waals surface area (Å²) in [5.41, 5.74) is 1.45. The predicted molar refractivity (Wildman–Crippen MR) is 93.4 cm³/mol. The lowest BCUT2D eigenvalue weighted by Crippen LogP contribution is -1.97. The number of non-ortho nitro benzene ring substituents is 1. The van der Waals surface area contributed by atoms with E-state index in [4.69, 9.17) is 4.74 Å². The van der Waals surface area contributed by atoms with Crippen molar-refractivity contribution in [2.45, 2.75) is 0 Å². The molecule has 1 N–H and O–H groups in total. The van der Waals surface area contributed by atoms with Crippen molar-refractivity contribution < 1.29 is 14.8 Å². The average molecular weight is 335 g/mol. The van der Waals surface area contributed by atoms with E-state index in [1.54, 1.807) is 10.7 Å². The first-order chi connectivity index (χ1) is 12.1. The molecule has 0 aliphatic heterocycles. The number of ether oxygens (including phenoxy) is 1. The van der Waals surface area contributed by atoms with Crippen molar-refractivity contribution in [3.63, 3.8) is 0 Å². The van der Waals surface area contributed by atoms with Gasteiger partial charge in [0.15, 0.2) is 0 Å². The number of fused-ring (bicyclic) bond motifs is 3. The highest BCUT2D eigenvalue weighted by Gasteiger charge is 2.19. The lowest BCUT2D eigenvalue weighted by atomic mass is 10.1. The lowest BCUT2D eigenvalue weighted by molar-refractivity contribution is -0.384. The van der Waals surface area contributed by atoms with Crippen LogP contribution >= 0.6 is 0 Å². The number of aromatic hydroxyl groups is 1. The number of phenols is 1. The second-order valence-electron chi connectivity index (χ2n) is 5.54. The second-order valence-corrected chi connectivity index (χ2v) is 5.54. The van der Waals surface area contributed by atoms with Crippen molar-refractivity contribution in [1.82, 2.24) is 9.78 Å². The first kappa shape index (κ1) is 14.9. The molecule has 0 fully saturated rings. The van der Waals surface area contributed by atoms with Gasteiger partial charge in [-0.3, -0.25) is 10.1 Å². The summed E-state index contributed by atoms with van der Waals surface area (Å²) in [7, 11) is 1.51. The van der Waals surface area contributed by atoms with Crippen LogP contribution in [-0.2, 0) is 0 Å². The Balaban J connectivity index is 2.15. The molecule has 124 valence electrons. The standard InChI is InChI=1S/C18H13N3O4/c1-25-18-15-10-16(22)14-9-12(21(23)24)7-8-13(14)17(15)20(19-18)11-5-3-2-4-6-11/h2-10,22H,1H3. The summed E-state index contributed by atoms with van der Waals surface area (Å²) in [6, 6.07) is 15.4. The number of nitrogens with zero attached hydrogens (tertiary/aromatic N) is 3. The Morgan fingerprint density at radius 3 is 2.52 bits per heavy atom. The third kappa shape index (κ3) is 2.25. The topological polar surface area (TPSA) is 90.4 Å². The molecule has 4 rings (SSSR count). The molecule has 0 aliphatic rings. The van der Waals surface area contributed by atoms with E-state index in [0.717, 1.165) is 5.69 Å². The molecule has 0 radical (unpaired) electrons. The van der Waals surface area contributed by atoms with Gasteiger partial charge in [-0.2, -0.15) is 0 Å². The van der Waals surface area contributed by atoms with Crippen LogP contribution in [0.25, 0.3) is 27.4 Å². The van der Waals surface area contributed by atoms with Gasteiger partial charge in [0, 0.05) is 22.9 Å². The van der Waals surface area contributed by atoms with Gasteiger partial charge in [-0.15, -0.1) is 5.10 Å². The monoisotopic (exact) mass is 335 g/mol. The van der Waals surface area contributed by atoms with Gasteiger partial charge in [0.1, 0.15) is 5.75 Å². The molecule has 0 aliphatic carbocycles. The molecule has 0 saturated carbocycles. The molecule has 0 bridgehead atoms. The summed E-state index contributed by atoms with van der Waals surface area (Å²) in [5.74, 6) is 0.312. The Hall–Kier alpha value is -3.61. The molecule has 0 spiro atoms. The quantitative estimate of drug-likeness (QED) is 0.454. The van der Waals surface area contributed by atoms with Crippen LogP contribution in [0, 0.1) is 10.1 Å². The Kier molecular flexibility index (Phi) is 3.28. The minimum atomic E-state index is -0.488. The van der Waals surface area contributed by atoms with Crippen molar-refractivity contribution in [1.29, 1.82) is 0 Å². The fourth-order valence-electron chi connectivity index (χ4n) is 2.98. The molecule has 7 nitrogen and oxygen atoms in total. The Morgan fingerprint density at radius 1 is 1.08 bits per heavy atom. The Labute approximate surface area is 141 Å². The largest absolute Gasteiger partial charge is 0.507 e. The molecular formula is C18H13N3O4. The van der Waals surface area contributed by atoms with Crippen molar-refractivity contribution in [2.75, 3.05) is 7.11 Å². The summed E-state index contributed by atoms with van der Waals surface area (Å²) in [6.45, 7) is 0. The summed E-state index contributed by atoms with van der Waals surface area (Å²) in [5, 5.41) is 27.6. The van der Waals surface area contributed by atoms with Crippen molar-refractivity contribution in [3.8, 4) is 17.3 Å². The van der Waals surface area contributed by atoms with Crippen LogP contribution in [0.4, 0.5) is 5.69 Å². The maximum atomic E-state index is 11.0. The van der Waals surface area contributed by atoms with Gasteiger partial charge >= 0.3 is 0 Å². The SMILES string of the molecule is COc1nn(-c2ccccc2)c2c1cc(O)c1cc([N+](=O)[O-])ccc12. The van der Waals surface area contributed by atoms with Gasteiger partial charge < -0.3 is 9.84 Å². The van der Waals surface area contributed by atoms with Crippen LogP contribution < -0.4 is 4.74 Å². The lowest BCUT2D eigenvalue weighted by Gasteiger charge is -2.07. The van der Waals surface area contributed by atoms with E-state index < -0.39 is 4.92 Å². The number of methoxy groups -OCH3 is 1. The number of nitro benzene ring substituents is 1. The van der Waals surface area contributed by atoms with Crippen LogP contribution in [0.1, 0.15) is 0 Å². The second kappa shape index (κ2) is 5.48. The number of benzene rings is 3. The molecule has 0 amide bonds. The highest BCUT2D eigenvalue weighted by molar-refractivity contribution is 6.11. The van der Waals surface area contributed by atoms with Crippen LogP contribution in [0.15, 0.2) is 54.6 Å². The van der Waals surface area contributed by atoms with Crippen molar-refractivity contribution in [2.24, 2.45) is 0 Å². The fraction of sp³-hybridized carbons (Fsp3) is 0.0556. The molecular weight excluding hydrogens is 322 g/mol. The molecule has 4 aromatic rings. The Bertz CT molecular complexity index is 1120. The van der Waals surface area contributed by atoms with Gasteiger partial charge in [0.05, 0.1) is 28.6 Å². The van der Waals surface area contributed by atoms with Gasteiger partial charge in [0.2, 0.25) is 5.88 Å². The number of hydrogen-bond donors (Lipinski definition) is 1. The van der Waals surface area contributed by atoms with Gasteiger partial charge in [-0.1, -0.05) is 18.2 Å². The van der Waals surface area contributed by atoms with Crippen LogP contribution in [0.3, 0.4) is 0 Å². The Morgan fingerprint density at radius 2 is 1.84 bits per heavy atom. The maximum Gasteiger partial charge on any atom is 0.270 e. The number of aromatic nitrogens is 2. The van der Waals surface area contributed by atoms with Gasteiger partial charge in [-0.25, -0.2) is 4.68 Å². The summed E-state index contributed by atoms with van der Waals surface area (Å²) < 4.78 is 7.05. The van der Waals surface area contributed by atoms with Gasteiger partial charge in [0.25, 0.3) is 5.69 Å². The average Bonchev–Trinajstić information content (AvgIpc) is 3.00. The van der Waals surface area contributed by atoms with Crippen LogP contribution in [-0.4, -0.2) is 26.9 Å². The highest BCUT2D eigenvalue weighted by Crippen LogP contribution is 2.39. The van der Waals surface area contributed by atoms with E-state index in [1.807, 2.05) is 30.3 Å². The van der Waals surface area contributed by atoms with Crippen molar-refractivity contribution >= 4 is 27.4 Å². The highest BCUT2D eigenvalue weighted by atomic mass is 16.6. The molecule has 1 heterocycles. The zero-order valence-electron chi connectivity index (χ0n) is 13.2. The maximum absolute atomic E-state index is 11.0. The smallest absolute Gasteiger partial charge is 0.270 e. The molecule has 7 heteroatoms.